The molecule has 2 aromatic rings. The fraction of sp³-hybridized carbons (Fsp3) is 0.545. The van der Waals surface area contributed by atoms with Crippen LogP contribution >= 0.6 is 0 Å². The standard InChI is InChI=1S/C22H31FN4O/c1-27(22(28)17-8-6-10-19(24)14-17)12-4-2-3-11-20-15-21(26-25-20)16-7-5-9-18(23)13-16/h5,7,9,13,15,17,19H,2-4,6,8,10-12,14,24H2,1H3,(H,25,26). The topological polar surface area (TPSA) is 75.0 Å². The molecule has 0 spiro atoms. The van der Waals surface area contributed by atoms with E-state index in [1.807, 2.05) is 24.1 Å². The number of benzene rings is 1. The Kier molecular flexibility index (Phi) is 7.20. The van der Waals surface area contributed by atoms with Gasteiger partial charge < -0.3 is 10.6 Å². The van der Waals surface area contributed by atoms with Crippen LogP contribution in [0, 0.1) is 11.7 Å². The van der Waals surface area contributed by atoms with E-state index < -0.39 is 0 Å². The van der Waals surface area contributed by atoms with Crippen molar-refractivity contribution >= 4 is 5.91 Å². The number of rotatable bonds is 8. The van der Waals surface area contributed by atoms with Crippen LogP contribution in [0.3, 0.4) is 0 Å². The number of aryl methyl sites for hydroxylation is 1. The maximum atomic E-state index is 13.3. The molecular formula is C22H31FN4O. The number of hydrogen-bond acceptors (Lipinski definition) is 3. The molecule has 1 amide bonds. The van der Waals surface area contributed by atoms with Crippen LogP contribution in [0.1, 0.15) is 50.6 Å². The lowest BCUT2D eigenvalue weighted by Gasteiger charge is -2.29. The molecule has 2 atom stereocenters. The molecule has 1 saturated carbocycles. The van der Waals surface area contributed by atoms with Crippen LogP contribution in [-0.2, 0) is 11.2 Å². The van der Waals surface area contributed by atoms with Gasteiger partial charge in [-0.15, -0.1) is 0 Å². The molecule has 5 nitrogen and oxygen atoms in total. The molecule has 6 heteroatoms. The Morgan fingerprint density at radius 3 is 2.93 bits per heavy atom. The Labute approximate surface area is 166 Å². The number of nitrogens with zero attached hydrogens (tertiary/aromatic N) is 2. The predicted molar refractivity (Wildman–Crippen MR) is 109 cm³/mol. The molecule has 1 aliphatic rings. The van der Waals surface area contributed by atoms with E-state index >= 15 is 0 Å². The molecule has 0 saturated heterocycles. The lowest BCUT2D eigenvalue weighted by Crippen LogP contribution is -2.39. The van der Waals surface area contributed by atoms with Crippen molar-refractivity contribution < 1.29 is 9.18 Å². The number of amides is 1. The summed E-state index contributed by atoms with van der Waals surface area (Å²) in [5.74, 6) is 0.111. The minimum Gasteiger partial charge on any atom is -0.346 e. The van der Waals surface area contributed by atoms with Gasteiger partial charge in [-0.3, -0.25) is 9.89 Å². The summed E-state index contributed by atoms with van der Waals surface area (Å²) >= 11 is 0. The number of unbranched alkanes of at least 4 members (excludes halogenated alkanes) is 2. The molecule has 1 aromatic heterocycles. The molecule has 1 aromatic carbocycles. The summed E-state index contributed by atoms with van der Waals surface area (Å²) in [6, 6.07) is 8.64. The Balaban J connectivity index is 1.36. The highest BCUT2D eigenvalue weighted by Gasteiger charge is 2.27. The van der Waals surface area contributed by atoms with Crippen LogP contribution in [-0.4, -0.2) is 40.6 Å². The summed E-state index contributed by atoms with van der Waals surface area (Å²) in [6.07, 6.45) is 7.89. The van der Waals surface area contributed by atoms with Crippen molar-refractivity contribution in [1.82, 2.24) is 15.1 Å². The Hall–Kier alpha value is -2.21. The number of carbonyl (C=O) groups is 1. The summed E-state index contributed by atoms with van der Waals surface area (Å²) in [5.41, 5.74) is 8.61. The van der Waals surface area contributed by atoms with Gasteiger partial charge in [-0.05, 0) is 56.7 Å². The van der Waals surface area contributed by atoms with E-state index in [1.165, 1.54) is 12.1 Å². The van der Waals surface area contributed by atoms with Gasteiger partial charge in [0, 0.05) is 36.8 Å². The average molecular weight is 387 g/mol. The predicted octanol–water partition coefficient (Wildman–Crippen LogP) is 3.90. The lowest BCUT2D eigenvalue weighted by atomic mass is 9.85. The molecule has 0 bridgehead atoms. The van der Waals surface area contributed by atoms with Crippen LogP contribution in [0.15, 0.2) is 30.3 Å². The molecule has 1 fully saturated rings. The highest BCUT2D eigenvalue weighted by atomic mass is 19.1. The molecule has 3 rings (SSSR count). The molecule has 152 valence electrons. The third-order valence-electron chi connectivity index (χ3n) is 5.63. The smallest absolute Gasteiger partial charge is 0.225 e. The van der Waals surface area contributed by atoms with E-state index in [0.29, 0.717) is 0 Å². The van der Waals surface area contributed by atoms with E-state index in [1.54, 1.807) is 6.07 Å². The molecule has 3 N–H and O–H groups in total. The van der Waals surface area contributed by atoms with Crippen molar-refractivity contribution in [2.75, 3.05) is 13.6 Å². The maximum absolute atomic E-state index is 13.3. The fourth-order valence-corrected chi connectivity index (χ4v) is 4.00. The number of nitrogens with two attached hydrogens (primary N) is 1. The number of hydrogen-bond donors (Lipinski definition) is 2. The maximum Gasteiger partial charge on any atom is 0.225 e. The summed E-state index contributed by atoms with van der Waals surface area (Å²) < 4.78 is 13.3. The summed E-state index contributed by atoms with van der Waals surface area (Å²) in [7, 11) is 1.91. The van der Waals surface area contributed by atoms with E-state index in [4.69, 9.17) is 5.73 Å². The van der Waals surface area contributed by atoms with Crippen molar-refractivity contribution in [1.29, 1.82) is 0 Å². The monoisotopic (exact) mass is 386 g/mol. The van der Waals surface area contributed by atoms with Crippen LogP contribution < -0.4 is 5.73 Å². The number of H-pyrrole nitrogens is 1. The number of nitrogens with one attached hydrogen (secondary N) is 1. The Morgan fingerprint density at radius 2 is 2.14 bits per heavy atom. The van der Waals surface area contributed by atoms with Crippen LogP contribution in [0.25, 0.3) is 11.3 Å². The quantitative estimate of drug-likeness (QED) is 0.676. The molecule has 0 radical (unpaired) electrons. The fourth-order valence-electron chi connectivity index (χ4n) is 4.00. The van der Waals surface area contributed by atoms with Crippen LogP contribution in [0.4, 0.5) is 4.39 Å². The summed E-state index contributed by atoms with van der Waals surface area (Å²) in [6.45, 7) is 0.794. The van der Waals surface area contributed by atoms with Gasteiger partial charge in [0.15, 0.2) is 0 Å². The van der Waals surface area contributed by atoms with Gasteiger partial charge in [0.05, 0.1) is 5.69 Å². The van der Waals surface area contributed by atoms with Gasteiger partial charge in [0.2, 0.25) is 5.91 Å². The highest BCUT2D eigenvalue weighted by molar-refractivity contribution is 5.78. The lowest BCUT2D eigenvalue weighted by molar-refractivity contribution is -0.135. The van der Waals surface area contributed by atoms with Gasteiger partial charge in [0.25, 0.3) is 0 Å². The Bertz CT molecular complexity index is 775. The van der Waals surface area contributed by atoms with Gasteiger partial charge in [-0.2, -0.15) is 5.10 Å². The van der Waals surface area contributed by atoms with Crippen molar-refractivity contribution in [3.63, 3.8) is 0 Å². The first kappa shape index (κ1) is 20.5. The summed E-state index contributed by atoms with van der Waals surface area (Å²) in [4.78, 5) is 14.4. The molecule has 1 heterocycles. The third-order valence-corrected chi connectivity index (χ3v) is 5.63. The molecular weight excluding hydrogens is 355 g/mol. The number of aromatic amines is 1. The van der Waals surface area contributed by atoms with E-state index in [2.05, 4.69) is 10.2 Å². The zero-order valence-corrected chi connectivity index (χ0v) is 16.7. The number of carbonyl (C=O) groups excluding carboxylic acids is 1. The molecule has 28 heavy (non-hydrogen) atoms. The second-order valence-electron chi connectivity index (χ2n) is 7.98. The Morgan fingerprint density at radius 1 is 1.29 bits per heavy atom. The van der Waals surface area contributed by atoms with Gasteiger partial charge in [-0.1, -0.05) is 25.0 Å². The van der Waals surface area contributed by atoms with Gasteiger partial charge in [0.1, 0.15) is 5.82 Å². The highest BCUT2D eigenvalue weighted by Crippen LogP contribution is 2.25. The van der Waals surface area contributed by atoms with Crippen molar-refractivity contribution in [2.45, 2.75) is 57.4 Å². The zero-order valence-electron chi connectivity index (χ0n) is 16.7. The minimum atomic E-state index is -0.254. The van der Waals surface area contributed by atoms with Crippen LogP contribution in [0.5, 0.6) is 0 Å². The SMILES string of the molecule is CN(CCCCCc1cc(-c2cccc(F)c2)n[nH]1)C(=O)C1CCCC(N)C1. The largest absolute Gasteiger partial charge is 0.346 e. The average Bonchev–Trinajstić information content (AvgIpc) is 3.16. The van der Waals surface area contributed by atoms with E-state index in [-0.39, 0.29) is 23.7 Å². The molecule has 1 aliphatic carbocycles. The second kappa shape index (κ2) is 9.82. The van der Waals surface area contributed by atoms with Gasteiger partial charge >= 0.3 is 0 Å². The first-order valence-electron chi connectivity index (χ1n) is 10.3. The number of aromatic nitrogens is 2. The van der Waals surface area contributed by atoms with E-state index in [0.717, 1.165) is 74.9 Å². The first-order chi connectivity index (χ1) is 13.5. The van der Waals surface area contributed by atoms with Crippen LogP contribution in [0.2, 0.25) is 0 Å². The zero-order chi connectivity index (χ0) is 19.9. The van der Waals surface area contributed by atoms with Crippen molar-refractivity contribution in [2.24, 2.45) is 11.7 Å². The van der Waals surface area contributed by atoms with Crippen molar-refractivity contribution in [3.8, 4) is 11.3 Å². The van der Waals surface area contributed by atoms with Crippen molar-refractivity contribution in [3.05, 3.63) is 41.8 Å². The molecule has 0 aliphatic heterocycles. The normalized spacial score (nSPS) is 19.5. The summed E-state index contributed by atoms with van der Waals surface area (Å²) in [5, 5.41) is 7.32. The third kappa shape index (κ3) is 5.64. The van der Waals surface area contributed by atoms with E-state index in [9.17, 15) is 9.18 Å². The second-order valence-corrected chi connectivity index (χ2v) is 7.98. The molecule has 2 unspecified atom stereocenters. The van der Waals surface area contributed by atoms with Gasteiger partial charge in [-0.25, -0.2) is 4.39 Å². The number of halogens is 1. The minimum absolute atomic E-state index is 0.111. The first-order valence-corrected chi connectivity index (χ1v) is 10.3.